The van der Waals surface area contributed by atoms with Crippen LogP contribution in [0.3, 0.4) is 0 Å². The number of nitrogens with zero attached hydrogens (tertiary/aromatic N) is 1. The summed E-state index contributed by atoms with van der Waals surface area (Å²) in [7, 11) is 1.63. The predicted molar refractivity (Wildman–Crippen MR) is 133 cm³/mol. The number of aryl methyl sites for hydroxylation is 1. The Kier molecular flexibility index (Phi) is 7.02. The predicted octanol–water partition coefficient (Wildman–Crippen LogP) is 5.69. The van der Waals surface area contributed by atoms with Crippen molar-refractivity contribution in [3.8, 4) is 5.75 Å². The third-order valence-electron chi connectivity index (χ3n) is 5.83. The zero-order chi connectivity index (χ0) is 23.4. The molecule has 0 saturated heterocycles. The number of halogens is 1. The van der Waals surface area contributed by atoms with Crippen LogP contribution in [0, 0.1) is 6.92 Å². The van der Waals surface area contributed by atoms with E-state index in [4.69, 9.17) is 16.3 Å². The normalized spacial score (nSPS) is 11.1. The number of hydrogen-bond donors (Lipinski definition) is 2. The van der Waals surface area contributed by atoms with Crippen molar-refractivity contribution in [1.82, 2.24) is 9.88 Å². The average Bonchev–Trinajstić information content (AvgIpc) is 3.11. The summed E-state index contributed by atoms with van der Waals surface area (Å²) in [6.07, 6.45) is 0.836. The molecule has 2 N–H and O–H groups in total. The molecule has 170 valence electrons. The number of carbonyl (C=O) groups is 1. The van der Waals surface area contributed by atoms with E-state index in [1.807, 2.05) is 72.2 Å². The number of hydrogen-bond acceptors (Lipinski definition) is 3. The van der Waals surface area contributed by atoms with Crippen LogP contribution in [-0.2, 0) is 19.5 Å². The van der Waals surface area contributed by atoms with Crippen LogP contribution >= 0.6 is 11.6 Å². The third kappa shape index (κ3) is 5.21. The molecule has 0 fully saturated rings. The smallest absolute Gasteiger partial charge is 0.352 e. The lowest BCUT2D eigenvalue weighted by Gasteiger charge is -2.11. The summed E-state index contributed by atoms with van der Waals surface area (Å²) in [6, 6.07) is 21.6. The monoisotopic (exact) mass is 462 g/mol. The molecule has 0 unspecified atom stereocenters. The van der Waals surface area contributed by atoms with Crippen molar-refractivity contribution in [1.29, 1.82) is 0 Å². The lowest BCUT2D eigenvalue weighted by atomic mass is 10.1. The lowest BCUT2D eigenvalue weighted by molar-refractivity contribution is 0.0684. The molecule has 4 aromatic rings. The third-order valence-corrected chi connectivity index (χ3v) is 6.08. The van der Waals surface area contributed by atoms with E-state index in [0.29, 0.717) is 18.8 Å². The van der Waals surface area contributed by atoms with Crippen LogP contribution in [0.25, 0.3) is 10.9 Å². The van der Waals surface area contributed by atoms with Crippen LogP contribution in [0.1, 0.15) is 32.7 Å². The molecule has 1 heterocycles. The Morgan fingerprint density at radius 3 is 2.39 bits per heavy atom. The fourth-order valence-electron chi connectivity index (χ4n) is 4.13. The Balaban J connectivity index is 1.62. The highest BCUT2D eigenvalue weighted by molar-refractivity contribution is 6.30. The average molecular weight is 463 g/mol. The van der Waals surface area contributed by atoms with Gasteiger partial charge < -0.3 is 19.7 Å². The summed E-state index contributed by atoms with van der Waals surface area (Å²) < 4.78 is 7.15. The second-order valence-corrected chi connectivity index (χ2v) is 8.58. The van der Waals surface area contributed by atoms with E-state index >= 15 is 0 Å². The summed E-state index contributed by atoms with van der Waals surface area (Å²) in [6.45, 7) is 3.70. The first-order valence-corrected chi connectivity index (χ1v) is 11.3. The zero-order valence-corrected chi connectivity index (χ0v) is 19.5. The van der Waals surface area contributed by atoms with E-state index in [1.54, 1.807) is 7.11 Å². The van der Waals surface area contributed by atoms with Crippen molar-refractivity contribution in [3.05, 3.63) is 99.7 Å². The topological polar surface area (TPSA) is 63.5 Å². The van der Waals surface area contributed by atoms with E-state index in [9.17, 15) is 9.90 Å². The number of aromatic nitrogens is 1. The van der Waals surface area contributed by atoms with Gasteiger partial charge in [-0.3, -0.25) is 0 Å². The Hall–Kier alpha value is -3.28. The number of ether oxygens (including phenoxy) is 1. The standard InChI is InChI=1S/C27H27ClN2O3/c1-18-3-12-23-24(16-29-14-13-19-4-8-21(28)9-5-19)26(27(31)32)30(25(23)15-18)17-20-6-10-22(33-2)11-7-20/h3-12,15,29H,13-14,16-17H2,1-2H3,(H,31,32). The number of aromatic carboxylic acids is 1. The minimum absolute atomic E-state index is 0.324. The molecular weight excluding hydrogens is 436 g/mol. The van der Waals surface area contributed by atoms with Gasteiger partial charge in [0.2, 0.25) is 0 Å². The van der Waals surface area contributed by atoms with Crippen LogP contribution < -0.4 is 10.1 Å². The molecule has 0 saturated carbocycles. The SMILES string of the molecule is COc1ccc(Cn2c(C(=O)O)c(CNCCc3ccc(Cl)cc3)c3ccc(C)cc32)cc1. The van der Waals surface area contributed by atoms with E-state index < -0.39 is 5.97 Å². The maximum absolute atomic E-state index is 12.4. The van der Waals surface area contributed by atoms with Crippen LogP contribution in [0.2, 0.25) is 5.02 Å². The highest BCUT2D eigenvalue weighted by atomic mass is 35.5. The number of benzene rings is 3. The number of carboxylic acids is 1. The van der Waals surface area contributed by atoms with E-state index in [2.05, 4.69) is 11.4 Å². The van der Waals surface area contributed by atoms with Crippen molar-refractivity contribution >= 4 is 28.5 Å². The molecule has 0 amide bonds. The molecule has 0 aliphatic rings. The summed E-state index contributed by atoms with van der Waals surface area (Å²) in [4.78, 5) is 12.4. The fourth-order valence-corrected chi connectivity index (χ4v) is 4.26. The second-order valence-electron chi connectivity index (χ2n) is 8.14. The Bertz CT molecular complexity index is 1260. The van der Waals surface area contributed by atoms with Crippen LogP contribution in [0.15, 0.2) is 66.7 Å². The first-order valence-electron chi connectivity index (χ1n) is 10.9. The number of fused-ring (bicyclic) bond motifs is 1. The van der Waals surface area contributed by atoms with Crippen molar-refractivity contribution in [2.24, 2.45) is 0 Å². The first kappa shape index (κ1) is 22.9. The summed E-state index contributed by atoms with van der Waals surface area (Å²) in [5.74, 6) is -0.150. The fraction of sp³-hybridized carbons (Fsp3) is 0.222. The quantitative estimate of drug-likeness (QED) is 0.313. The minimum atomic E-state index is -0.924. The van der Waals surface area contributed by atoms with Crippen molar-refractivity contribution < 1.29 is 14.6 Å². The van der Waals surface area contributed by atoms with Gasteiger partial charge in [0.25, 0.3) is 0 Å². The van der Waals surface area contributed by atoms with Gasteiger partial charge >= 0.3 is 5.97 Å². The van der Waals surface area contributed by atoms with Crippen LogP contribution in [-0.4, -0.2) is 29.3 Å². The van der Waals surface area contributed by atoms with Crippen LogP contribution in [0.4, 0.5) is 0 Å². The minimum Gasteiger partial charge on any atom is -0.497 e. The van der Waals surface area contributed by atoms with Crippen molar-refractivity contribution in [2.45, 2.75) is 26.4 Å². The molecule has 0 atom stereocenters. The first-order chi connectivity index (χ1) is 16.0. The second kappa shape index (κ2) is 10.1. The summed E-state index contributed by atoms with van der Waals surface area (Å²) in [5, 5.41) is 15.3. The molecule has 4 rings (SSSR count). The highest BCUT2D eigenvalue weighted by Crippen LogP contribution is 2.29. The lowest BCUT2D eigenvalue weighted by Crippen LogP contribution is -2.19. The van der Waals surface area contributed by atoms with Gasteiger partial charge in [-0.15, -0.1) is 0 Å². The van der Waals surface area contributed by atoms with Gasteiger partial charge in [0.15, 0.2) is 0 Å². The Labute approximate surface area is 198 Å². The zero-order valence-electron chi connectivity index (χ0n) is 18.8. The van der Waals surface area contributed by atoms with Crippen molar-refractivity contribution in [3.63, 3.8) is 0 Å². The molecule has 5 nitrogen and oxygen atoms in total. The van der Waals surface area contributed by atoms with E-state index in [1.165, 1.54) is 5.56 Å². The van der Waals surface area contributed by atoms with Crippen molar-refractivity contribution in [2.75, 3.05) is 13.7 Å². The summed E-state index contributed by atoms with van der Waals surface area (Å²) in [5.41, 5.74) is 5.35. The number of nitrogens with one attached hydrogen (secondary N) is 1. The molecule has 0 aliphatic carbocycles. The van der Waals surface area contributed by atoms with Gasteiger partial charge in [-0.05, 0) is 66.9 Å². The maximum atomic E-state index is 12.4. The van der Waals surface area contributed by atoms with Gasteiger partial charge in [0, 0.05) is 34.6 Å². The number of methoxy groups -OCH3 is 1. The molecule has 0 radical (unpaired) electrons. The van der Waals surface area contributed by atoms with Gasteiger partial charge in [-0.1, -0.05) is 48.0 Å². The van der Waals surface area contributed by atoms with E-state index in [0.717, 1.165) is 51.3 Å². The molecule has 0 bridgehead atoms. The van der Waals surface area contributed by atoms with Gasteiger partial charge in [-0.2, -0.15) is 0 Å². The van der Waals surface area contributed by atoms with Gasteiger partial charge in [-0.25, -0.2) is 4.79 Å². The molecule has 6 heteroatoms. The van der Waals surface area contributed by atoms with E-state index in [-0.39, 0.29) is 0 Å². The Morgan fingerprint density at radius 2 is 1.73 bits per heavy atom. The summed E-state index contributed by atoms with van der Waals surface area (Å²) >= 11 is 5.96. The van der Waals surface area contributed by atoms with Gasteiger partial charge in [0.05, 0.1) is 7.11 Å². The maximum Gasteiger partial charge on any atom is 0.352 e. The number of rotatable bonds is 9. The largest absolute Gasteiger partial charge is 0.497 e. The van der Waals surface area contributed by atoms with Gasteiger partial charge in [0.1, 0.15) is 11.4 Å². The molecular formula is C27H27ClN2O3. The highest BCUT2D eigenvalue weighted by Gasteiger charge is 2.22. The molecule has 1 aromatic heterocycles. The van der Waals surface area contributed by atoms with Crippen LogP contribution in [0.5, 0.6) is 5.75 Å². The molecule has 3 aromatic carbocycles. The molecule has 33 heavy (non-hydrogen) atoms. The number of carboxylic acid groups (broad SMARTS) is 1. The molecule has 0 spiro atoms. The molecule has 0 aliphatic heterocycles. The Morgan fingerprint density at radius 1 is 1.03 bits per heavy atom.